The van der Waals surface area contributed by atoms with Crippen LogP contribution in [0.15, 0.2) is 46.3 Å². The molecule has 0 unspecified atom stereocenters. The number of benzene rings is 1. The molecule has 0 fully saturated rings. The summed E-state index contributed by atoms with van der Waals surface area (Å²) in [6.45, 7) is 1.89. The number of aromatic nitrogens is 2. The van der Waals surface area contributed by atoms with Gasteiger partial charge < -0.3 is 19.3 Å². The molecule has 0 saturated heterocycles. The molecule has 3 aromatic heterocycles. The van der Waals surface area contributed by atoms with E-state index in [1.54, 1.807) is 25.6 Å². The smallest absolute Gasteiger partial charge is 0.208 e. The van der Waals surface area contributed by atoms with E-state index in [-0.39, 0.29) is 0 Å². The van der Waals surface area contributed by atoms with Crippen LogP contribution in [0.5, 0.6) is 11.5 Å². The third-order valence-corrected chi connectivity index (χ3v) is 4.92. The quantitative estimate of drug-likeness (QED) is 0.534. The molecule has 4 rings (SSSR count). The van der Waals surface area contributed by atoms with Gasteiger partial charge in [0.15, 0.2) is 11.5 Å². The van der Waals surface area contributed by atoms with Gasteiger partial charge in [0.05, 0.1) is 30.5 Å². The Kier molecular flexibility index (Phi) is 4.22. The Morgan fingerprint density at radius 2 is 1.92 bits per heavy atom. The third kappa shape index (κ3) is 2.86. The highest BCUT2D eigenvalue weighted by Gasteiger charge is 2.15. The molecular weight excluding hydrogens is 350 g/mol. The first kappa shape index (κ1) is 16.4. The minimum atomic E-state index is 0.623. The van der Waals surface area contributed by atoms with Gasteiger partial charge in [-0.25, -0.2) is 4.98 Å². The molecule has 0 atom stereocenters. The fourth-order valence-electron chi connectivity index (χ4n) is 2.74. The molecule has 0 aliphatic carbocycles. The van der Waals surface area contributed by atoms with Gasteiger partial charge in [-0.2, -0.15) is 0 Å². The summed E-state index contributed by atoms with van der Waals surface area (Å²) in [5, 5.41) is 9.48. The van der Waals surface area contributed by atoms with Crippen molar-refractivity contribution in [3.63, 3.8) is 0 Å². The highest BCUT2D eigenvalue weighted by molar-refractivity contribution is 7.13. The summed E-state index contributed by atoms with van der Waals surface area (Å²) in [7, 11) is 3.23. The fraction of sp³-hybridized carbons (Fsp3) is 0.158. The lowest BCUT2D eigenvalue weighted by Crippen LogP contribution is -1.96. The lowest BCUT2D eigenvalue weighted by molar-refractivity contribution is 0.355. The maximum absolute atomic E-state index is 5.50. The van der Waals surface area contributed by atoms with Crippen LogP contribution in [-0.4, -0.2) is 24.4 Å². The van der Waals surface area contributed by atoms with Crippen molar-refractivity contribution in [1.82, 2.24) is 10.1 Å². The zero-order valence-electron chi connectivity index (χ0n) is 14.6. The Hall–Kier alpha value is -3.06. The van der Waals surface area contributed by atoms with Crippen molar-refractivity contribution in [3.8, 4) is 22.1 Å². The van der Waals surface area contributed by atoms with E-state index >= 15 is 0 Å². The predicted molar refractivity (Wildman–Crippen MR) is 103 cm³/mol. The van der Waals surface area contributed by atoms with Crippen molar-refractivity contribution in [1.29, 1.82) is 0 Å². The number of hydrogen-bond acceptors (Lipinski definition) is 7. The number of methoxy groups -OCH3 is 2. The largest absolute Gasteiger partial charge is 0.493 e. The van der Waals surface area contributed by atoms with Crippen molar-refractivity contribution < 1.29 is 14.0 Å². The van der Waals surface area contributed by atoms with Gasteiger partial charge in [0.1, 0.15) is 11.2 Å². The zero-order valence-corrected chi connectivity index (χ0v) is 15.4. The summed E-state index contributed by atoms with van der Waals surface area (Å²) in [6.07, 6.45) is 0. The normalized spacial score (nSPS) is 10.9. The van der Waals surface area contributed by atoms with Gasteiger partial charge in [-0.3, -0.25) is 0 Å². The second-order valence-electron chi connectivity index (χ2n) is 5.67. The number of thiophene rings is 1. The molecule has 0 bridgehead atoms. The van der Waals surface area contributed by atoms with E-state index in [4.69, 9.17) is 19.0 Å². The van der Waals surface area contributed by atoms with E-state index in [9.17, 15) is 0 Å². The van der Waals surface area contributed by atoms with Crippen LogP contribution in [0.3, 0.4) is 0 Å². The van der Waals surface area contributed by atoms with E-state index in [2.05, 4.69) is 10.5 Å². The SMILES string of the molecule is COc1ccc(Nc2cc(-c3cccs3)nc3c(C)noc23)cc1OC. The number of pyridine rings is 1. The number of nitrogens with zero attached hydrogens (tertiary/aromatic N) is 2. The second-order valence-corrected chi connectivity index (χ2v) is 6.62. The molecule has 4 aromatic rings. The van der Waals surface area contributed by atoms with Gasteiger partial charge in [-0.05, 0) is 36.6 Å². The van der Waals surface area contributed by atoms with Crippen LogP contribution in [-0.2, 0) is 0 Å². The Bertz CT molecular complexity index is 1060. The van der Waals surface area contributed by atoms with Crippen LogP contribution in [0.2, 0.25) is 0 Å². The van der Waals surface area contributed by atoms with E-state index in [1.807, 2.05) is 48.7 Å². The van der Waals surface area contributed by atoms with Gasteiger partial charge in [-0.1, -0.05) is 11.2 Å². The summed E-state index contributed by atoms with van der Waals surface area (Å²) in [4.78, 5) is 5.80. The summed E-state index contributed by atoms with van der Waals surface area (Å²) in [6, 6.07) is 11.7. The molecule has 0 spiro atoms. The Morgan fingerprint density at radius 3 is 2.65 bits per heavy atom. The van der Waals surface area contributed by atoms with Gasteiger partial charge in [0.25, 0.3) is 0 Å². The van der Waals surface area contributed by atoms with E-state index in [0.29, 0.717) is 17.1 Å². The minimum Gasteiger partial charge on any atom is -0.493 e. The molecule has 0 aliphatic heterocycles. The standard InChI is InChI=1S/C19H17N3O3S/c1-11-18-19(25-22-11)14(10-13(21-18)17-5-4-8-26-17)20-12-6-7-15(23-2)16(9-12)24-3/h4-10H,1-3H3,(H,20,21). The predicted octanol–water partition coefficient (Wildman–Crippen LogP) is 5.02. The van der Waals surface area contributed by atoms with E-state index in [1.165, 1.54) is 0 Å². The molecule has 1 N–H and O–H groups in total. The fourth-order valence-corrected chi connectivity index (χ4v) is 3.43. The number of ether oxygens (including phenoxy) is 2. The van der Waals surface area contributed by atoms with Gasteiger partial charge in [-0.15, -0.1) is 11.3 Å². The highest BCUT2D eigenvalue weighted by atomic mass is 32.1. The lowest BCUT2D eigenvalue weighted by Gasteiger charge is -2.12. The number of rotatable bonds is 5. The topological polar surface area (TPSA) is 69.4 Å². The molecule has 1 aromatic carbocycles. The van der Waals surface area contributed by atoms with Crippen molar-refractivity contribution in [2.75, 3.05) is 19.5 Å². The first-order valence-electron chi connectivity index (χ1n) is 7.99. The molecule has 26 heavy (non-hydrogen) atoms. The van der Waals surface area contributed by atoms with Gasteiger partial charge in [0.2, 0.25) is 5.58 Å². The van der Waals surface area contributed by atoms with Gasteiger partial charge in [0, 0.05) is 11.8 Å². The first-order valence-corrected chi connectivity index (χ1v) is 8.87. The number of nitrogens with one attached hydrogen (secondary N) is 1. The molecular formula is C19H17N3O3S. The Labute approximate surface area is 154 Å². The van der Waals surface area contributed by atoms with E-state index < -0.39 is 0 Å². The molecule has 132 valence electrons. The monoisotopic (exact) mass is 367 g/mol. The van der Waals surface area contributed by atoms with Gasteiger partial charge >= 0.3 is 0 Å². The average molecular weight is 367 g/mol. The third-order valence-electron chi connectivity index (χ3n) is 4.03. The molecule has 0 amide bonds. The molecule has 7 heteroatoms. The number of fused-ring (bicyclic) bond motifs is 1. The second kappa shape index (κ2) is 6.68. The first-order chi connectivity index (χ1) is 12.7. The Morgan fingerprint density at radius 1 is 1.08 bits per heavy atom. The van der Waals surface area contributed by atoms with Crippen LogP contribution < -0.4 is 14.8 Å². The van der Waals surface area contributed by atoms with Crippen molar-refractivity contribution in [2.45, 2.75) is 6.92 Å². The summed E-state index contributed by atoms with van der Waals surface area (Å²) >= 11 is 1.64. The van der Waals surface area contributed by atoms with Crippen LogP contribution >= 0.6 is 11.3 Å². The number of aryl methyl sites for hydroxylation is 1. The van der Waals surface area contributed by atoms with Crippen LogP contribution in [0, 0.1) is 6.92 Å². The summed E-state index contributed by atoms with van der Waals surface area (Å²) < 4.78 is 16.2. The van der Waals surface area contributed by atoms with Crippen molar-refractivity contribution in [3.05, 3.63) is 47.5 Å². The van der Waals surface area contributed by atoms with Crippen LogP contribution in [0.25, 0.3) is 21.7 Å². The number of hydrogen-bond donors (Lipinski definition) is 1. The zero-order chi connectivity index (χ0) is 18.1. The molecule has 0 aliphatic rings. The van der Waals surface area contributed by atoms with Crippen LogP contribution in [0.4, 0.5) is 11.4 Å². The van der Waals surface area contributed by atoms with Crippen molar-refractivity contribution in [2.24, 2.45) is 0 Å². The van der Waals surface area contributed by atoms with Crippen LogP contribution in [0.1, 0.15) is 5.69 Å². The summed E-state index contributed by atoms with van der Waals surface area (Å²) in [5.74, 6) is 1.32. The highest BCUT2D eigenvalue weighted by Crippen LogP contribution is 2.35. The molecule has 3 heterocycles. The summed E-state index contributed by atoms with van der Waals surface area (Å²) in [5.41, 5.74) is 4.65. The maximum atomic E-state index is 5.50. The lowest BCUT2D eigenvalue weighted by atomic mass is 10.2. The van der Waals surface area contributed by atoms with E-state index in [0.717, 1.165) is 33.2 Å². The molecule has 0 radical (unpaired) electrons. The Balaban J connectivity index is 1.81. The maximum Gasteiger partial charge on any atom is 0.208 e. The molecule has 0 saturated carbocycles. The average Bonchev–Trinajstić information content (AvgIpc) is 3.32. The molecule has 6 nitrogen and oxygen atoms in total. The minimum absolute atomic E-state index is 0.623. The number of anilines is 2. The van der Waals surface area contributed by atoms with Crippen molar-refractivity contribution >= 4 is 33.8 Å².